The molecule has 6 nitrogen and oxygen atoms in total. The van der Waals surface area contributed by atoms with Gasteiger partial charge in [0.15, 0.2) is 0 Å². The highest BCUT2D eigenvalue weighted by Gasteiger charge is 2.18. The van der Waals surface area contributed by atoms with Crippen LogP contribution in [0.2, 0.25) is 0 Å². The summed E-state index contributed by atoms with van der Waals surface area (Å²) in [6.07, 6.45) is 0. The van der Waals surface area contributed by atoms with Crippen LogP contribution in [0.15, 0.2) is 53.4 Å². The third-order valence-corrected chi connectivity index (χ3v) is 6.39. The first-order chi connectivity index (χ1) is 13.0. The highest BCUT2D eigenvalue weighted by molar-refractivity contribution is 7.92. The quantitative estimate of drug-likeness (QED) is 0.789. The number of anilines is 2. The van der Waals surface area contributed by atoms with Crippen LogP contribution in [0.25, 0.3) is 0 Å². The molecule has 0 aliphatic carbocycles. The van der Waals surface area contributed by atoms with E-state index in [1.807, 2.05) is 30.3 Å². The number of nitrogens with zero attached hydrogens (tertiary/aromatic N) is 2. The first kappa shape index (κ1) is 19.7. The predicted octanol–water partition coefficient (Wildman–Crippen LogP) is 2.56. The first-order valence-electron chi connectivity index (χ1n) is 9.14. The van der Waals surface area contributed by atoms with E-state index in [4.69, 9.17) is 4.74 Å². The van der Waals surface area contributed by atoms with Crippen LogP contribution >= 0.6 is 0 Å². The number of ether oxygens (including phenoxy) is 1. The number of piperazine rings is 1. The maximum Gasteiger partial charge on any atom is 0.262 e. The third kappa shape index (κ3) is 5.00. The van der Waals surface area contributed by atoms with Gasteiger partial charge in [0.1, 0.15) is 0 Å². The van der Waals surface area contributed by atoms with Crippen LogP contribution < -0.4 is 9.62 Å². The molecule has 0 amide bonds. The Morgan fingerprint density at radius 1 is 1.00 bits per heavy atom. The van der Waals surface area contributed by atoms with Gasteiger partial charge in [-0.15, -0.1) is 0 Å². The number of benzene rings is 2. The van der Waals surface area contributed by atoms with Gasteiger partial charge in [0.05, 0.1) is 11.5 Å². The normalized spacial score (nSPS) is 15.7. The molecule has 1 aliphatic rings. The van der Waals surface area contributed by atoms with Crippen molar-refractivity contribution in [3.63, 3.8) is 0 Å². The maximum atomic E-state index is 12.6. The Labute approximate surface area is 161 Å². The molecule has 1 saturated heterocycles. The Bertz CT molecular complexity index is 845. The summed E-state index contributed by atoms with van der Waals surface area (Å²) < 4.78 is 33.0. The summed E-state index contributed by atoms with van der Waals surface area (Å²) in [5.74, 6) is 0. The number of methoxy groups -OCH3 is 1. The predicted molar refractivity (Wildman–Crippen MR) is 109 cm³/mol. The Balaban J connectivity index is 1.62. The average Bonchev–Trinajstić information content (AvgIpc) is 2.67. The van der Waals surface area contributed by atoms with Gasteiger partial charge in [-0.1, -0.05) is 18.2 Å². The number of sulfonamides is 1. The Hall–Kier alpha value is -2.09. The molecule has 1 fully saturated rings. The molecule has 0 spiro atoms. The molecule has 1 N–H and O–H groups in total. The van der Waals surface area contributed by atoms with Crippen molar-refractivity contribution < 1.29 is 13.2 Å². The molecule has 2 aromatic carbocycles. The van der Waals surface area contributed by atoms with Crippen molar-refractivity contribution in [3.8, 4) is 0 Å². The Morgan fingerprint density at radius 3 is 2.30 bits per heavy atom. The fourth-order valence-corrected chi connectivity index (χ4v) is 4.56. The van der Waals surface area contributed by atoms with E-state index in [0.29, 0.717) is 10.6 Å². The van der Waals surface area contributed by atoms with Crippen LogP contribution in [0, 0.1) is 6.92 Å². The van der Waals surface area contributed by atoms with Crippen molar-refractivity contribution in [3.05, 3.63) is 54.1 Å². The molecule has 1 heterocycles. The van der Waals surface area contributed by atoms with Gasteiger partial charge >= 0.3 is 0 Å². The van der Waals surface area contributed by atoms with Crippen LogP contribution in [0.5, 0.6) is 0 Å². The molecule has 0 saturated carbocycles. The fraction of sp³-hybridized carbons (Fsp3) is 0.400. The lowest BCUT2D eigenvalue weighted by atomic mass is 10.2. The summed E-state index contributed by atoms with van der Waals surface area (Å²) >= 11 is 0. The van der Waals surface area contributed by atoms with E-state index < -0.39 is 10.0 Å². The molecule has 1 aliphatic heterocycles. The third-order valence-electron chi connectivity index (χ3n) is 4.85. The summed E-state index contributed by atoms with van der Waals surface area (Å²) in [5.41, 5.74) is 2.41. The van der Waals surface area contributed by atoms with Crippen molar-refractivity contribution >= 4 is 21.4 Å². The van der Waals surface area contributed by atoms with Crippen molar-refractivity contribution in [2.45, 2.75) is 11.8 Å². The minimum atomic E-state index is -3.58. The van der Waals surface area contributed by atoms with E-state index in [-0.39, 0.29) is 0 Å². The number of aryl methyl sites for hydroxylation is 1. The molecular formula is C20H27N3O3S. The highest BCUT2D eigenvalue weighted by atomic mass is 32.2. The van der Waals surface area contributed by atoms with Crippen molar-refractivity contribution in [1.82, 2.24) is 4.90 Å². The van der Waals surface area contributed by atoms with Crippen LogP contribution in [-0.2, 0) is 14.8 Å². The zero-order chi connectivity index (χ0) is 19.3. The zero-order valence-electron chi connectivity index (χ0n) is 15.9. The smallest absolute Gasteiger partial charge is 0.262 e. The van der Waals surface area contributed by atoms with E-state index >= 15 is 0 Å². The van der Waals surface area contributed by atoms with Gasteiger partial charge in [-0.05, 0) is 42.8 Å². The van der Waals surface area contributed by atoms with E-state index in [1.165, 1.54) is 0 Å². The van der Waals surface area contributed by atoms with E-state index in [9.17, 15) is 8.42 Å². The van der Waals surface area contributed by atoms with E-state index in [1.54, 1.807) is 32.2 Å². The Kier molecular flexibility index (Phi) is 6.36. The molecule has 0 aromatic heterocycles. The largest absolute Gasteiger partial charge is 0.383 e. The zero-order valence-corrected chi connectivity index (χ0v) is 16.7. The summed E-state index contributed by atoms with van der Waals surface area (Å²) in [4.78, 5) is 5.02. The minimum Gasteiger partial charge on any atom is -0.383 e. The second-order valence-electron chi connectivity index (χ2n) is 6.74. The molecule has 0 bridgehead atoms. The number of hydrogen-bond donors (Lipinski definition) is 1. The summed E-state index contributed by atoms with van der Waals surface area (Å²) in [6.45, 7) is 7.44. The van der Waals surface area contributed by atoms with Gasteiger partial charge < -0.3 is 9.64 Å². The van der Waals surface area contributed by atoms with Crippen LogP contribution in [0.4, 0.5) is 11.4 Å². The minimum absolute atomic E-state index is 0.307. The lowest BCUT2D eigenvalue weighted by molar-refractivity contribution is 0.144. The monoisotopic (exact) mass is 389 g/mol. The van der Waals surface area contributed by atoms with Gasteiger partial charge in [0, 0.05) is 51.2 Å². The van der Waals surface area contributed by atoms with Crippen LogP contribution in [-0.4, -0.2) is 59.8 Å². The second kappa shape index (κ2) is 8.73. The summed E-state index contributed by atoms with van der Waals surface area (Å²) in [6, 6.07) is 14.6. The molecule has 0 radical (unpaired) electrons. The van der Waals surface area contributed by atoms with Gasteiger partial charge in [-0.25, -0.2) is 8.42 Å². The average molecular weight is 390 g/mol. The second-order valence-corrected chi connectivity index (χ2v) is 8.39. The summed E-state index contributed by atoms with van der Waals surface area (Å²) in [7, 11) is -1.85. The first-order valence-corrected chi connectivity index (χ1v) is 10.6. The van der Waals surface area contributed by atoms with Gasteiger partial charge in [-0.3, -0.25) is 9.62 Å². The lowest BCUT2D eigenvalue weighted by Gasteiger charge is -2.36. The van der Waals surface area contributed by atoms with Crippen molar-refractivity contribution in [1.29, 1.82) is 0 Å². The van der Waals surface area contributed by atoms with Crippen LogP contribution in [0.1, 0.15) is 5.56 Å². The number of nitrogens with one attached hydrogen (secondary N) is 1. The molecule has 2 aromatic rings. The standard InChI is InChI=1S/C20H27N3O3S/c1-17-5-3-4-6-20(17)27(24,25)21-18-7-9-19(10-8-18)23-13-11-22(12-14-23)15-16-26-2/h3-10,21H,11-16H2,1-2H3. The molecule has 146 valence electrons. The molecule has 7 heteroatoms. The van der Waals surface area contributed by atoms with E-state index in [2.05, 4.69) is 14.5 Å². The van der Waals surface area contributed by atoms with E-state index in [0.717, 1.165) is 50.6 Å². The maximum absolute atomic E-state index is 12.6. The Morgan fingerprint density at radius 2 is 1.67 bits per heavy atom. The van der Waals surface area contributed by atoms with Crippen molar-refractivity contribution in [2.24, 2.45) is 0 Å². The van der Waals surface area contributed by atoms with Crippen LogP contribution in [0.3, 0.4) is 0 Å². The molecule has 0 atom stereocenters. The van der Waals surface area contributed by atoms with Gasteiger partial charge in [-0.2, -0.15) is 0 Å². The molecule has 0 unspecified atom stereocenters. The molecule has 27 heavy (non-hydrogen) atoms. The SMILES string of the molecule is COCCN1CCN(c2ccc(NS(=O)(=O)c3ccccc3C)cc2)CC1. The number of hydrogen-bond acceptors (Lipinski definition) is 5. The van der Waals surface area contributed by atoms with Gasteiger partial charge in [0.2, 0.25) is 0 Å². The van der Waals surface area contributed by atoms with Gasteiger partial charge in [0.25, 0.3) is 10.0 Å². The topological polar surface area (TPSA) is 61.9 Å². The summed E-state index contributed by atoms with van der Waals surface area (Å²) in [5, 5.41) is 0. The molecular weight excluding hydrogens is 362 g/mol. The molecule has 3 rings (SSSR count). The fourth-order valence-electron chi connectivity index (χ4n) is 3.26. The van der Waals surface area contributed by atoms with Crippen molar-refractivity contribution in [2.75, 3.05) is 56.1 Å². The number of rotatable bonds is 7. The highest BCUT2D eigenvalue weighted by Crippen LogP contribution is 2.23. The lowest BCUT2D eigenvalue weighted by Crippen LogP contribution is -2.47.